The maximum atomic E-state index is 11.0. The average molecular weight is 204 g/mol. The molecule has 4 heteroatoms. The van der Waals surface area contributed by atoms with Crippen molar-refractivity contribution in [1.29, 1.82) is 0 Å². The molecular formula is C8H10ClNOS. The van der Waals surface area contributed by atoms with Gasteiger partial charge in [-0.2, -0.15) is 0 Å². The summed E-state index contributed by atoms with van der Waals surface area (Å²) in [7, 11) is 0. The van der Waals surface area contributed by atoms with Crippen molar-refractivity contribution in [2.75, 3.05) is 0 Å². The number of hydrogen-bond acceptors (Lipinski definition) is 2. The van der Waals surface area contributed by atoms with Gasteiger partial charge in [0, 0.05) is 4.88 Å². The quantitative estimate of drug-likeness (QED) is 0.787. The van der Waals surface area contributed by atoms with Crippen molar-refractivity contribution in [3.8, 4) is 0 Å². The highest BCUT2D eigenvalue weighted by molar-refractivity contribution is 7.16. The van der Waals surface area contributed by atoms with Crippen LogP contribution in [0.3, 0.4) is 0 Å². The zero-order valence-electron chi connectivity index (χ0n) is 6.93. The van der Waals surface area contributed by atoms with E-state index in [4.69, 9.17) is 17.3 Å². The van der Waals surface area contributed by atoms with E-state index in [1.54, 1.807) is 19.9 Å². The van der Waals surface area contributed by atoms with E-state index in [1.165, 1.54) is 11.3 Å². The van der Waals surface area contributed by atoms with Gasteiger partial charge in [0.25, 0.3) is 0 Å². The third kappa shape index (κ3) is 1.62. The van der Waals surface area contributed by atoms with Crippen LogP contribution < -0.4 is 5.73 Å². The molecule has 0 atom stereocenters. The van der Waals surface area contributed by atoms with Crippen molar-refractivity contribution in [3.63, 3.8) is 0 Å². The fraction of sp³-hybridized carbons (Fsp3) is 0.375. The van der Waals surface area contributed by atoms with Crippen LogP contribution in [-0.4, -0.2) is 5.91 Å². The molecule has 66 valence electrons. The summed E-state index contributed by atoms with van der Waals surface area (Å²) in [6, 6.07) is 3.60. The highest BCUT2D eigenvalue weighted by Gasteiger charge is 2.28. The predicted molar refractivity (Wildman–Crippen MR) is 51.5 cm³/mol. The van der Waals surface area contributed by atoms with Crippen LogP contribution in [0.1, 0.15) is 18.7 Å². The van der Waals surface area contributed by atoms with Gasteiger partial charge in [0.2, 0.25) is 5.91 Å². The monoisotopic (exact) mass is 203 g/mol. The molecule has 1 rings (SSSR count). The van der Waals surface area contributed by atoms with Gasteiger partial charge >= 0.3 is 0 Å². The van der Waals surface area contributed by atoms with Gasteiger partial charge in [-0.1, -0.05) is 11.6 Å². The molecule has 1 amide bonds. The molecule has 1 heterocycles. The fourth-order valence-electron chi connectivity index (χ4n) is 0.772. The summed E-state index contributed by atoms with van der Waals surface area (Å²) >= 11 is 7.13. The van der Waals surface area contributed by atoms with Gasteiger partial charge in [0.1, 0.15) is 0 Å². The summed E-state index contributed by atoms with van der Waals surface area (Å²) in [5.41, 5.74) is 4.62. The third-order valence-corrected chi connectivity index (χ3v) is 3.36. The summed E-state index contributed by atoms with van der Waals surface area (Å²) < 4.78 is 0.680. The number of carbonyl (C=O) groups excluding carboxylic acids is 1. The molecule has 0 fully saturated rings. The highest BCUT2D eigenvalue weighted by Crippen LogP contribution is 2.31. The van der Waals surface area contributed by atoms with Crippen molar-refractivity contribution in [2.45, 2.75) is 19.3 Å². The molecule has 2 nitrogen and oxygen atoms in total. The molecule has 0 aliphatic rings. The van der Waals surface area contributed by atoms with Gasteiger partial charge in [0.05, 0.1) is 9.75 Å². The number of hydrogen-bond donors (Lipinski definition) is 1. The Kier molecular flexibility index (Phi) is 2.44. The largest absolute Gasteiger partial charge is 0.369 e. The van der Waals surface area contributed by atoms with Gasteiger partial charge < -0.3 is 5.73 Å². The first-order chi connectivity index (χ1) is 5.44. The average Bonchev–Trinajstić information content (AvgIpc) is 2.35. The Labute approximate surface area is 80.3 Å². The van der Waals surface area contributed by atoms with Gasteiger partial charge in [-0.3, -0.25) is 4.79 Å². The van der Waals surface area contributed by atoms with Crippen LogP contribution in [0.4, 0.5) is 0 Å². The first-order valence-corrected chi connectivity index (χ1v) is 4.70. The minimum Gasteiger partial charge on any atom is -0.369 e. The van der Waals surface area contributed by atoms with Crippen LogP contribution in [0.25, 0.3) is 0 Å². The van der Waals surface area contributed by atoms with Gasteiger partial charge in [0.15, 0.2) is 0 Å². The zero-order chi connectivity index (χ0) is 9.35. The first kappa shape index (κ1) is 9.55. The number of primary amides is 1. The standard InChI is InChI=1S/C8H10ClNOS/c1-8(2,7(10)11)5-3-4-6(9)12-5/h3-4H,1-2H3,(H2,10,11). The molecule has 0 aliphatic carbocycles. The minimum atomic E-state index is -0.613. The number of halogens is 1. The van der Waals surface area contributed by atoms with Crippen molar-refractivity contribution in [2.24, 2.45) is 5.73 Å². The Bertz CT molecular complexity index is 306. The lowest BCUT2D eigenvalue weighted by Gasteiger charge is -2.17. The van der Waals surface area contributed by atoms with E-state index in [9.17, 15) is 4.79 Å². The molecular weight excluding hydrogens is 194 g/mol. The summed E-state index contributed by atoms with van der Waals surface area (Å²) in [4.78, 5) is 11.9. The van der Waals surface area contributed by atoms with E-state index in [0.29, 0.717) is 4.34 Å². The molecule has 0 unspecified atom stereocenters. The smallest absolute Gasteiger partial charge is 0.228 e. The number of carbonyl (C=O) groups is 1. The maximum Gasteiger partial charge on any atom is 0.228 e. The lowest BCUT2D eigenvalue weighted by molar-refractivity contribution is -0.122. The third-order valence-electron chi connectivity index (χ3n) is 1.81. The second kappa shape index (κ2) is 3.07. The van der Waals surface area contributed by atoms with Gasteiger partial charge in [-0.25, -0.2) is 0 Å². The second-order valence-electron chi connectivity index (χ2n) is 3.09. The molecule has 2 N–H and O–H groups in total. The predicted octanol–water partition coefficient (Wildman–Crippen LogP) is 2.16. The van der Waals surface area contributed by atoms with E-state index in [1.807, 2.05) is 6.07 Å². The fourth-order valence-corrected chi connectivity index (χ4v) is 1.92. The van der Waals surface area contributed by atoms with Crippen molar-refractivity contribution < 1.29 is 4.79 Å². The van der Waals surface area contributed by atoms with E-state index in [2.05, 4.69) is 0 Å². The molecule has 1 aromatic rings. The lowest BCUT2D eigenvalue weighted by Crippen LogP contribution is -2.34. The SMILES string of the molecule is CC(C)(C(N)=O)c1ccc(Cl)s1. The second-order valence-corrected chi connectivity index (χ2v) is 4.81. The minimum absolute atomic E-state index is 0.332. The molecule has 0 aliphatic heterocycles. The molecule has 0 saturated heterocycles. The molecule has 0 spiro atoms. The van der Waals surface area contributed by atoms with E-state index in [-0.39, 0.29) is 5.91 Å². The zero-order valence-corrected chi connectivity index (χ0v) is 8.50. The number of thiophene rings is 1. The Morgan fingerprint density at radius 1 is 1.58 bits per heavy atom. The lowest BCUT2D eigenvalue weighted by atomic mass is 9.91. The number of nitrogens with two attached hydrogens (primary N) is 1. The van der Waals surface area contributed by atoms with Crippen LogP contribution in [0.15, 0.2) is 12.1 Å². The van der Waals surface area contributed by atoms with Crippen LogP contribution in [0, 0.1) is 0 Å². The Morgan fingerprint density at radius 2 is 2.17 bits per heavy atom. The van der Waals surface area contributed by atoms with Crippen LogP contribution in [0.5, 0.6) is 0 Å². The normalized spacial score (nSPS) is 11.6. The Morgan fingerprint density at radius 3 is 2.50 bits per heavy atom. The molecule has 0 aromatic carbocycles. The summed E-state index contributed by atoms with van der Waals surface area (Å²) in [6.45, 7) is 3.58. The summed E-state index contributed by atoms with van der Waals surface area (Å²) in [6.07, 6.45) is 0. The van der Waals surface area contributed by atoms with Crippen molar-refractivity contribution in [3.05, 3.63) is 21.3 Å². The van der Waals surface area contributed by atoms with Gasteiger partial charge in [-0.05, 0) is 26.0 Å². The topological polar surface area (TPSA) is 43.1 Å². The highest BCUT2D eigenvalue weighted by atomic mass is 35.5. The molecule has 0 saturated carbocycles. The molecule has 12 heavy (non-hydrogen) atoms. The van der Waals surface area contributed by atoms with Crippen molar-refractivity contribution in [1.82, 2.24) is 0 Å². The first-order valence-electron chi connectivity index (χ1n) is 3.50. The van der Waals surface area contributed by atoms with Crippen LogP contribution >= 0.6 is 22.9 Å². The summed E-state index contributed by atoms with van der Waals surface area (Å²) in [5.74, 6) is -0.332. The molecule has 0 radical (unpaired) electrons. The summed E-state index contributed by atoms with van der Waals surface area (Å²) in [5, 5.41) is 0. The van der Waals surface area contributed by atoms with E-state index < -0.39 is 5.41 Å². The van der Waals surface area contributed by atoms with Crippen LogP contribution in [-0.2, 0) is 10.2 Å². The Hall–Kier alpha value is -0.540. The number of rotatable bonds is 2. The van der Waals surface area contributed by atoms with Crippen LogP contribution in [0.2, 0.25) is 4.34 Å². The van der Waals surface area contributed by atoms with Crippen molar-refractivity contribution >= 4 is 28.8 Å². The van der Waals surface area contributed by atoms with Gasteiger partial charge in [-0.15, -0.1) is 11.3 Å². The van der Waals surface area contributed by atoms with E-state index in [0.717, 1.165) is 4.88 Å². The molecule has 0 bridgehead atoms. The number of amides is 1. The Balaban J connectivity index is 3.05. The molecule has 1 aromatic heterocycles. The maximum absolute atomic E-state index is 11.0. The van der Waals surface area contributed by atoms with E-state index >= 15 is 0 Å².